The van der Waals surface area contributed by atoms with Crippen molar-refractivity contribution in [3.63, 3.8) is 0 Å². The standard InChI is InChI=1S/C17H17F3N4O2/c18-17(19,20)11-1-3-12(4-2-11)24-16(25)14-15(22-8-7-21-14)23-13-5-9-26-10-6-13/h1-4,7-8,13H,5-6,9-10H2,(H,22,23)(H,24,25). The van der Waals surface area contributed by atoms with Gasteiger partial charge in [-0.05, 0) is 37.1 Å². The van der Waals surface area contributed by atoms with Gasteiger partial charge in [-0.2, -0.15) is 13.2 Å². The van der Waals surface area contributed by atoms with Gasteiger partial charge in [0.1, 0.15) is 0 Å². The van der Waals surface area contributed by atoms with Crippen molar-refractivity contribution in [1.82, 2.24) is 9.97 Å². The maximum absolute atomic E-state index is 12.6. The summed E-state index contributed by atoms with van der Waals surface area (Å²) in [4.78, 5) is 20.7. The normalized spacial score (nSPS) is 15.5. The zero-order valence-corrected chi connectivity index (χ0v) is 13.7. The number of carbonyl (C=O) groups is 1. The van der Waals surface area contributed by atoms with Crippen molar-refractivity contribution in [2.24, 2.45) is 0 Å². The molecule has 1 amide bonds. The van der Waals surface area contributed by atoms with Gasteiger partial charge in [0.25, 0.3) is 5.91 Å². The van der Waals surface area contributed by atoms with Crippen LogP contribution in [0.2, 0.25) is 0 Å². The van der Waals surface area contributed by atoms with Crippen molar-refractivity contribution in [1.29, 1.82) is 0 Å². The Morgan fingerprint density at radius 3 is 2.38 bits per heavy atom. The lowest BCUT2D eigenvalue weighted by atomic mass is 10.1. The fourth-order valence-corrected chi connectivity index (χ4v) is 2.58. The van der Waals surface area contributed by atoms with Crippen LogP contribution in [0.25, 0.3) is 0 Å². The minimum Gasteiger partial charge on any atom is -0.381 e. The fraction of sp³-hybridized carbons (Fsp3) is 0.353. The first kappa shape index (κ1) is 18.1. The number of alkyl halides is 3. The number of anilines is 2. The largest absolute Gasteiger partial charge is 0.416 e. The van der Waals surface area contributed by atoms with Crippen LogP contribution in [0.5, 0.6) is 0 Å². The van der Waals surface area contributed by atoms with Crippen molar-refractivity contribution < 1.29 is 22.7 Å². The van der Waals surface area contributed by atoms with Gasteiger partial charge < -0.3 is 15.4 Å². The molecular weight excluding hydrogens is 349 g/mol. The number of halogens is 3. The molecule has 1 aromatic heterocycles. The van der Waals surface area contributed by atoms with Gasteiger partial charge in [0.2, 0.25) is 0 Å². The van der Waals surface area contributed by atoms with Crippen LogP contribution < -0.4 is 10.6 Å². The molecule has 1 aliphatic rings. The van der Waals surface area contributed by atoms with Crippen LogP contribution in [-0.4, -0.2) is 35.1 Å². The van der Waals surface area contributed by atoms with E-state index in [2.05, 4.69) is 20.6 Å². The minimum atomic E-state index is -4.42. The molecule has 0 saturated carbocycles. The lowest BCUT2D eigenvalue weighted by molar-refractivity contribution is -0.137. The number of aromatic nitrogens is 2. The van der Waals surface area contributed by atoms with E-state index < -0.39 is 17.6 Å². The van der Waals surface area contributed by atoms with Crippen molar-refractivity contribution in [3.8, 4) is 0 Å². The molecule has 0 bridgehead atoms. The second-order valence-corrected chi connectivity index (χ2v) is 5.81. The van der Waals surface area contributed by atoms with Gasteiger partial charge in [0.15, 0.2) is 11.5 Å². The van der Waals surface area contributed by atoms with E-state index in [9.17, 15) is 18.0 Å². The quantitative estimate of drug-likeness (QED) is 0.868. The highest BCUT2D eigenvalue weighted by atomic mass is 19.4. The van der Waals surface area contributed by atoms with Gasteiger partial charge in [-0.25, -0.2) is 9.97 Å². The van der Waals surface area contributed by atoms with Crippen LogP contribution in [0.3, 0.4) is 0 Å². The molecule has 1 saturated heterocycles. The summed E-state index contributed by atoms with van der Waals surface area (Å²) < 4.78 is 43.1. The van der Waals surface area contributed by atoms with Crippen molar-refractivity contribution in [2.45, 2.75) is 25.1 Å². The number of hydrogen-bond donors (Lipinski definition) is 2. The highest BCUT2D eigenvalue weighted by Crippen LogP contribution is 2.30. The van der Waals surface area contributed by atoms with E-state index in [1.807, 2.05) is 0 Å². The van der Waals surface area contributed by atoms with Crippen molar-refractivity contribution >= 4 is 17.4 Å². The summed E-state index contributed by atoms with van der Waals surface area (Å²) in [6.07, 6.45) is 0.00864. The highest BCUT2D eigenvalue weighted by molar-refractivity contribution is 6.05. The third-order valence-corrected chi connectivity index (χ3v) is 3.95. The van der Waals surface area contributed by atoms with Crippen LogP contribution in [0.15, 0.2) is 36.7 Å². The summed E-state index contributed by atoms with van der Waals surface area (Å²) in [6.45, 7) is 1.26. The fourth-order valence-electron chi connectivity index (χ4n) is 2.58. The Morgan fingerprint density at radius 2 is 1.73 bits per heavy atom. The molecule has 6 nitrogen and oxygen atoms in total. The molecule has 9 heteroatoms. The summed E-state index contributed by atoms with van der Waals surface area (Å²) in [7, 11) is 0. The number of rotatable bonds is 4. The van der Waals surface area contributed by atoms with E-state index in [1.54, 1.807) is 0 Å². The highest BCUT2D eigenvalue weighted by Gasteiger charge is 2.30. The molecule has 0 atom stereocenters. The van der Waals surface area contributed by atoms with Crippen molar-refractivity contribution in [3.05, 3.63) is 47.9 Å². The molecule has 1 aromatic carbocycles. The van der Waals surface area contributed by atoms with Crippen LogP contribution in [-0.2, 0) is 10.9 Å². The summed E-state index contributed by atoms with van der Waals surface area (Å²) in [5.74, 6) is -0.212. The molecule has 0 aliphatic carbocycles. The second kappa shape index (κ2) is 7.69. The van der Waals surface area contributed by atoms with Gasteiger partial charge in [-0.3, -0.25) is 4.79 Å². The summed E-state index contributed by atoms with van der Waals surface area (Å²) in [5, 5.41) is 5.72. The Hall–Kier alpha value is -2.68. The lowest BCUT2D eigenvalue weighted by Gasteiger charge is -2.24. The average Bonchev–Trinajstić information content (AvgIpc) is 2.63. The van der Waals surface area contributed by atoms with Crippen LogP contribution in [0, 0.1) is 0 Å². The van der Waals surface area contributed by atoms with Crippen LogP contribution >= 0.6 is 0 Å². The molecular formula is C17H17F3N4O2. The Labute approximate surface area is 147 Å². The molecule has 3 rings (SSSR count). The Kier molecular flexibility index (Phi) is 5.36. The number of ether oxygens (including phenoxy) is 1. The minimum absolute atomic E-state index is 0.0823. The van der Waals surface area contributed by atoms with Crippen LogP contribution in [0.4, 0.5) is 24.7 Å². The summed E-state index contributed by atoms with van der Waals surface area (Å²) >= 11 is 0. The molecule has 2 aromatic rings. The summed E-state index contributed by atoms with van der Waals surface area (Å²) in [5.41, 5.74) is -0.457. The topological polar surface area (TPSA) is 76.1 Å². The number of amides is 1. The first-order valence-electron chi connectivity index (χ1n) is 8.07. The third-order valence-electron chi connectivity index (χ3n) is 3.95. The molecule has 0 spiro atoms. The molecule has 138 valence electrons. The van der Waals surface area contributed by atoms with E-state index in [0.717, 1.165) is 25.0 Å². The number of nitrogens with zero attached hydrogens (tertiary/aromatic N) is 2. The Balaban J connectivity index is 1.71. The average molecular weight is 366 g/mol. The SMILES string of the molecule is O=C(Nc1ccc(C(F)(F)F)cc1)c1nccnc1NC1CCOCC1. The number of carbonyl (C=O) groups excluding carboxylic acids is 1. The molecule has 1 fully saturated rings. The van der Waals surface area contributed by atoms with Gasteiger partial charge in [-0.1, -0.05) is 0 Å². The van der Waals surface area contributed by atoms with Gasteiger partial charge in [-0.15, -0.1) is 0 Å². The first-order chi connectivity index (χ1) is 12.4. The maximum atomic E-state index is 12.6. The van der Waals surface area contributed by atoms with Crippen LogP contribution in [0.1, 0.15) is 28.9 Å². The van der Waals surface area contributed by atoms with Gasteiger partial charge in [0.05, 0.1) is 5.56 Å². The van der Waals surface area contributed by atoms with E-state index in [0.29, 0.717) is 19.0 Å². The van der Waals surface area contributed by atoms with Crippen molar-refractivity contribution in [2.75, 3.05) is 23.8 Å². The number of hydrogen-bond acceptors (Lipinski definition) is 5. The lowest BCUT2D eigenvalue weighted by Crippen LogP contribution is -2.29. The van der Waals surface area contributed by atoms with Gasteiger partial charge >= 0.3 is 6.18 Å². The van der Waals surface area contributed by atoms with E-state index in [1.165, 1.54) is 24.5 Å². The number of benzene rings is 1. The molecule has 0 unspecified atom stereocenters. The monoisotopic (exact) mass is 366 g/mol. The molecule has 26 heavy (non-hydrogen) atoms. The Bertz CT molecular complexity index is 759. The zero-order valence-electron chi connectivity index (χ0n) is 13.7. The summed E-state index contributed by atoms with van der Waals surface area (Å²) in [6, 6.07) is 4.34. The van der Waals surface area contributed by atoms with Gasteiger partial charge in [0, 0.05) is 37.3 Å². The number of nitrogens with one attached hydrogen (secondary N) is 2. The van der Waals surface area contributed by atoms with E-state index in [4.69, 9.17) is 4.74 Å². The molecule has 1 aliphatic heterocycles. The second-order valence-electron chi connectivity index (χ2n) is 5.81. The van der Waals surface area contributed by atoms with E-state index >= 15 is 0 Å². The Morgan fingerprint density at radius 1 is 1.08 bits per heavy atom. The smallest absolute Gasteiger partial charge is 0.381 e. The molecule has 2 heterocycles. The predicted octanol–water partition coefficient (Wildman–Crippen LogP) is 3.34. The maximum Gasteiger partial charge on any atom is 0.416 e. The third kappa shape index (κ3) is 4.48. The zero-order chi connectivity index (χ0) is 18.6. The van der Waals surface area contributed by atoms with E-state index in [-0.39, 0.29) is 17.4 Å². The molecule has 2 N–H and O–H groups in total. The molecule has 0 radical (unpaired) electrons. The first-order valence-corrected chi connectivity index (χ1v) is 8.07. The predicted molar refractivity (Wildman–Crippen MR) is 88.9 cm³/mol.